The van der Waals surface area contributed by atoms with Gasteiger partial charge in [-0.2, -0.15) is 0 Å². The highest BCUT2D eigenvalue weighted by Gasteiger charge is 2.18. The molecule has 4 rings (SSSR count). The Morgan fingerprint density at radius 2 is 1.00 bits per heavy atom. The Bertz CT molecular complexity index is 1080. The Kier molecular flexibility index (Phi) is 4.24. The third-order valence-electron chi connectivity index (χ3n) is 4.65. The molecule has 0 radical (unpaired) electrons. The van der Waals surface area contributed by atoms with Crippen LogP contribution in [0.2, 0.25) is 0 Å². The van der Waals surface area contributed by atoms with Crippen molar-refractivity contribution in [3.05, 3.63) is 107 Å². The fraction of sp³-hybridized carbons (Fsp3) is 0.0417. The van der Waals surface area contributed by atoms with E-state index in [0.29, 0.717) is 0 Å². The van der Waals surface area contributed by atoms with E-state index in [1.165, 1.54) is 0 Å². The Balaban J connectivity index is 2.07. The van der Waals surface area contributed by atoms with Gasteiger partial charge in [-0.25, -0.2) is 0 Å². The van der Waals surface area contributed by atoms with Crippen molar-refractivity contribution in [1.29, 1.82) is 0 Å². The molecule has 3 aromatic carbocycles. The number of hydrogen-bond donors (Lipinski definition) is 1. The number of nitrogens with one attached hydrogen (secondary N) is 1. The van der Waals surface area contributed by atoms with E-state index >= 15 is 0 Å². The molecule has 1 heterocycles. The number of H-pyrrole nitrogens is 1. The van der Waals surface area contributed by atoms with Crippen LogP contribution in [-0.2, 0) is 0 Å². The van der Waals surface area contributed by atoms with Gasteiger partial charge in [-0.15, -0.1) is 0 Å². The van der Waals surface area contributed by atoms with Crippen LogP contribution in [0.25, 0.3) is 33.5 Å². The van der Waals surface area contributed by atoms with E-state index in [9.17, 15) is 4.79 Å². The molecule has 0 atom stereocenters. The standard InChI is InChI=1S/C24H19NO/c1-17-21(18-11-5-2-6-12-18)23(20-15-9-4-10-16-20)25-24(26)22(17)19-13-7-3-8-14-19/h2-16H,1H3,(H,25,26). The van der Waals surface area contributed by atoms with Crippen LogP contribution in [0, 0.1) is 6.92 Å². The molecule has 0 amide bonds. The maximum atomic E-state index is 13.0. The van der Waals surface area contributed by atoms with Crippen LogP contribution in [0.3, 0.4) is 0 Å². The van der Waals surface area contributed by atoms with E-state index in [1.54, 1.807) is 0 Å². The topological polar surface area (TPSA) is 32.9 Å². The van der Waals surface area contributed by atoms with Gasteiger partial charge in [-0.05, 0) is 29.2 Å². The van der Waals surface area contributed by atoms with Crippen molar-refractivity contribution in [3.63, 3.8) is 0 Å². The molecule has 1 aromatic heterocycles. The van der Waals surface area contributed by atoms with E-state index < -0.39 is 0 Å². The second-order valence-electron chi connectivity index (χ2n) is 6.30. The predicted octanol–water partition coefficient (Wildman–Crippen LogP) is 5.68. The molecular weight excluding hydrogens is 318 g/mol. The third kappa shape index (κ3) is 2.86. The first kappa shape index (κ1) is 16.1. The summed E-state index contributed by atoms with van der Waals surface area (Å²) in [6.45, 7) is 2.03. The maximum Gasteiger partial charge on any atom is 0.256 e. The van der Waals surface area contributed by atoms with Gasteiger partial charge in [0.1, 0.15) is 0 Å². The molecule has 1 N–H and O–H groups in total. The lowest BCUT2D eigenvalue weighted by Crippen LogP contribution is -2.14. The first-order valence-corrected chi connectivity index (χ1v) is 8.69. The SMILES string of the molecule is Cc1c(-c2ccccc2)c(-c2ccccc2)[nH]c(=O)c1-c1ccccc1. The molecule has 0 spiro atoms. The lowest BCUT2D eigenvalue weighted by atomic mass is 9.90. The summed E-state index contributed by atoms with van der Waals surface area (Å²) in [5.74, 6) is 0. The van der Waals surface area contributed by atoms with Crippen molar-refractivity contribution in [2.45, 2.75) is 6.92 Å². The second-order valence-corrected chi connectivity index (χ2v) is 6.30. The van der Waals surface area contributed by atoms with Crippen LogP contribution in [0.4, 0.5) is 0 Å². The summed E-state index contributed by atoms with van der Waals surface area (Å²) in [7, 11) is 0. The van der Waals surface area contributed by atoms with Gasteiger partial charge in [0.05, 0.1) is 11.3 Å². The quantitative estimate of drug-likeness (QED) is 0.512. The highest BCUT2D eigenvalue weighted by atomic mass is 16.1. The molecule has 0 fully saturated rings. The summed E-state index contributed by atoms with van der Waals surface area (Å²) < 4.78 is 0. The molecule has 0 aliphatic heterocycles. The molecule has 2 nitrogen and oxygen atoms in total. The van der Waals surface area contributed by atoms with E-state index in [4.69, 9.17) is 0 Å². The molecule has 26 heavy (non-hydrogen) atoms. The van der Waals surface area contributed by atoms with Crippen molar-refractivity contribution in [3.8, 4) is 33.5 Å². The van der Waals surface area contributed by atoms with Crippen LogP contribution in [0.5, 0.6) is 0 Å². The zero-order valence-corrected chi connectivity index (χ0v) is 14.6. The van der Waals surface area contributed by atoms with Crippen molar-refractivity contribution in [2.75, 3.05) is 0 Å². The average Bonchev–Trinajstić information content (AvgIpc) is 2.70. The highest BCUT2D eigenvalue weighted by molar-refractivity contribution is 5.87. The van der Waals surface area contributed by atoms with Crippen LogP contribution >= 0.6 is 0 Å². The number of pyridine rings is 1. The first-order chi connectivity index (χ1) is 12.8. The number of aromatic nitrogens is 1. The normalized spacial score (nSPS) is 10.7. The minimum Gasteiger partial charge on any atom is -0.321 e. The number of aromatic amines is 1. The number of benzene rings is 3. The minimum atomic E-state index is -0.0627. The van der Waals surface area contributed by atoms with Gasteiger partial charge in [0.2, 0.25) is 0 Å². The van der Waals surface area contributed by atoms with Gasteiger partial charge in [-0.1, -0.05) is 91.0 Å². The monoisotopic (exact) mass is 337 g/mol. The van der Waals surface area contributed by atoms with Crippen LogP contribution in [-0.4, -0.2) is 4.98 Å². The second kappa shape index (κ2) is 6.85. The zero-order valence-electron chi connectivity index (χ0n) is 14.6. The molecule has 0 unspecified atom stereocenters. The third-order valence-corrected chi connectivity index (χ3v) is 4.65. The number of rotatable bonds is 3. The summed E-state index contributed by atoms with van der Waals surface area (Å²) >= 11 is 0. The highest BCUT2D eigenvalue weighted by Crippen LogP contribution is 2.36. The molecule has 0 saturated carbocycles. The largest absolute Gasteiger partial charge is 0.321 e. The van der Waals surface area contributed by atoms with E-state index in [1.807, 2.05) is 85.8 Å². The molecule has 0 saturated heterocycles. The fourth-order valence-electron chi connectivity index (χ4n) is 3.46. The summed E-state index contributed by atoms with van der Waals surface area (Å²) in [5.41, 5.74) is 6.61. The summed E-state index contributed by atoms with van der Waals surface area (Å²) in [6, 6.07) is 30.1. The van der Waals surface area contributed by atoms with Crippen molar-refractivity contribution < 1.29 is 0 Å². The molecule has 0 aliphatic rings. The summed E-state index contributed by atoms with van der Waals surface area (Å²) in [4.78, 5) is 16.1. The Morgan fingerprint density at radius 3 is 1.50 bits per heavy atom. The minimum absolute atomic E-state index is 0.0627. The lowest BCUT2D eigenvalue weighted by Gasteiger charge is -2.17. The lowest BCUT2D eigenvalue weighted by molar-refractivity contribution is 1.22. The summed E-state index contributed by atoms with van der Waals surface area (Å²) in [5, 5.41) is 0. The van der Waals surface area contributed by atoms with Crippen molar-refractivity contribution >= 4 is 0 Å². The molecule has 2 heteroatoms. The Morgan fingerprint density at radius 1 is 0.577 bits per heavy atom. The predicted molar refractivity (Wildman–Crippen MR) is 108 cm³/mol. The smallest absolute Gasteiger partial charge is 0.256 e. The van der Waals surface area contributed by atoms with Gasteiger partial charge in [-0.3, -0.25) is 4.79 Å². The zero-order chi connectivity index (χ0) is 17.9. The van der Waals surface area contributed by atoms with Crippen LogP contribution in [0.1, 0.15) is 5.56 Å². The van der Waals surface area contributed by atoms with E-state index in [0.717, 1.165) is 39.1 Å². The average molecular weight is 337 g/mol. The molecular formula is C24H19NO. The first-order valence-electron chi connectivity index (χ1n) is 8.69. The van der Waals surface area contributed by atoms with Gasteiger partial charge in [0.15, 0.2) is 0 Å². The van der Waals surface area contributed by atoms with Gasteiger partial charge in [0, 0.05) is 5.56 Å². The molecule has 0 bridgehead atoms. The van der Waals surface area contributed by atoms with Gasteiger partial charge >= 0.3 is 0 Å². The Labute approximate surface area is 152 Å². The fourth-order valence-corrected chi connectivity index (χ4v) is 3.46. The maximum absolute atomic E-state index is 13.0. The molecule has 4 aromatic rings. The molecule has 0 aliphatic carbocycles. The van der Waals surface area contributed by atoms with E-state index in [2.05, 4.69) is 17.1 Å². The van der Waals surface area contributed by atoms with Gasteiger partial charge in [0.25, 0.3) is 5.56 Å². The molecule has 126 valence electrons. The number of hydrogen-bond acceptors (Lipinski definition) is 1. The van der Waals surface area contributed by atoms with Crippen LogP contribution < -0.4 is 5.56 Å². The van der Waals surface area contributed by atoms with Crippen molar-refractivity contribution in [1.82, 2.24) is 4.98 Å². The summed E-state index contributed by atoms with van der Waals surface area (Å²) in [6.07, 6.45) is 0. The van der Waals surface area contributed by atoms with Crippen LogP contribution in [0.15, 0.2) is 95.8 Å². The van der Waals surface area contributed by atoms with E-state index in [-0.39, 0.29) is 5.56 Å². The Hall–Kier alpha value is -3.39. The van der Waals surface area contributed by atoms with Gasteiger partial charge < -0.3 is 4.98 Å². The van der Waals surface area contributed by atoms with Crippen molar-refractivity contribution in [2.24, 2.45) is 0 Å².